The molecule has 1 aliphatic rings. The van der Waals surface area contributed by atoms with Crippen LogP contribution in [0.2, 0.25) is 0 Å². The van der Waals surface area contributed by atoms with Gasteiger partial charge in [-0.25, -0.2) is 4.39 Å². The summed E-state index contributed by atoms with van der Waals surface area (Å²) in [7, 11) is 0. The van der Waals surface area contributed by atoms with Gasteiger partial charge in [-0.1, -0.05) is 18.2 Å². The summed E-state index contributed by atoms with van der Waals surface area (Å²) in [5.74, 6) is 0.171. The van der Waals surface area contributed by atoms with Gasteiger partial charge in [-0.05, 0) is 50.6 Å². The molecule has 4 rings (SSSR count). The second-order valence-electron chi connectivity index (χ2n) is 7.47. The maximum atomic E-state index is 13.5. The van der Waals surface area contributed by atoms with Crippen molar-refractivity contribution in [3.8, 4) is 5.75 Å². The number of hydrogen-bond acceptors (Lipinski definition) is 4. The van der Waals surface area contributed by atoms with Crippen LogP contribution in [0.5, 0.6) is 5.75 Å². The fourth-order valence-corrected chi connectivity index (χ4v) is 3.56. The molecule has 2 atom stereocenters. The van der Waals surface area contributed by atoms with Crippen molar-refractivity contribution in [1.29, 1.82) is 0 Å². The number of rotatable bonds is 3. The molecule has 1 amide bonds. The van der Waals surface area contributed by atoms with E-state index in [2.05, 4.69) is 0 Å². The van der Waals surface area contributed by atoms with Crippen molar-refractivity contribution >= 4 is 16.9 Å². The lowest BCUT2D eigenvalue weighted by Crippen LogP contribution is -2.57. The minimum atomic E-state index is -1.06. The number of amides is 1. The minimum absolute atomic E-state index is 0.195. The van der Waals surface area contributed by atoms with E-state index < -0.39 is 11.7 Å². The first-order valence-corrected chi connectivity index (χ1v) is 9.27. The molecule has 28 heavy (non-hydrogen) atoms. The molecule has 1 N–H and O–H groups in total. The maximum absolute atomic E-state index is 13.5. The first-order valence-electron chi connectivity index (χ1n) is 9.27. The van der Waals surface area contributed by atoms with Gasteiger partial charge in [0.1, 0.15) is 28.9 Å². The zero-order valence-electron chi connectivity index (χ0n) is 15.8. The highest BCUT2D eigenvalue weighted by Gasteiger charge is 2.41. The molecular weight excluding hydrogens is 361 g/mol. The van der Waals surface area contributed by atoms with Gasteiger partial charge in [0, 0.05) is 17.5 Å². The third-order valence-corrected chi connectivity index (χ3v) is 5.37. The molecule has 1 aromatic heterocycles. The van der Waals surface area contributed by atoms with E-state index >= 15 is 0 Å². The van der Waals surface area contributed by atoms with Crippen molar-refractivity contribution in [2.75, 3.05) is 13.1 Å². The van der Waals surface area contributed by atoms with Crippen LogP contribution in [-0.4, -0.2) is 40.7 Å². The van der Waals surface area contributed by atoms with Crippen LogP contribution in [0.25, 0.3) is 11.0 Å². The van der Waals surface area contributed by atoms with Crippen molar-refractivity contribution < 1.29 is 23.4 Å². The summed E-state index contributed by atoms with van der Waals surface area (Å²) >= 11 is 0. The van der Waals surface area contributed by atoms with Gasteiger partial charge < -0.3 is 19.2 Å². The molecule has 1 fully saturated rings. The largest absolute Gasteiger partial charge is 0.486 e. The average Bonchev–Trinajstić information content (AvgIpc) is 3.00. The number of halogens is 1. The fraction of sp³-hybridized carbons (Fsp3) is 0.318. The van der Waals surface area contributed by atoms with Crippen LogP contribution in [0, 0.1) is 12.7 Å². The van der Waals surface area contributed by atoms with Gasteiger partial charge in [0.15, 0.2) is 5.76 Å². The number of nitrogens with zero attached hydrogens (tertiary/aromatic N) is 1. The third kappa shape index (κ3) is 3.36. The number of hydrogen-bond donors (Lipinski definition) is 1. The minimum Gasteiger partial charge on any atom is -0.486 e. The van der Waals surface area contributed by atoms with Crippen molar-refractivity contribution in [2.45, 2.75) is 32.0 Å². The number of ether oxygens (including phenoxy) is 1. The van der Waals surface area contributed by atoms with Gasteiger partial charge in [-0.15, -0.1) is 0 Å². The summed E-state index contributed by atoms with van der Waals surface area (Å²) in [6.45, 7) is 4.07. The van der Waals surface area contributed by atoms with Crippen molar-refractivity contribution in [3.63, 3.8) is 0 Å². The Labute approximate surface area is 162 Å². The lowest BCUT2D eigenvalue weighted by Gasteiger charge is -2.42. The predicted octanol–water partition coefficient (Wildman–Crippen LogP) is 3.92. The molecule has 6 heteroatoms. The van der Waals surface area contributed by atoms with Crippen LogP contribution in [0.4, 0.5) is 4.39 Å². The van der Waals surface area contributed by atoms with E-state index in [4.69, 9.17) is 9.15 Å². The Kier molecular flexibility index (Phi) is 4.59. The quantitative estimate of drug-likeness (QED) is 0.745. The van der Waals surface area contributed by atoms with Gasteiger partial charge in [-0.2, -0.15) is 0 Å². The van der Waals surface area contributed by atoms with Gasteiger partial charge in [0.2, 0.25) is 0 Å². The van der Waals surface area contributed by atoms with E-state index in [1.807, 2.05) is 30.3 Å². The molecule has 0 unspecified atom stereocenters. The molecule has 2 heterocycles. The van der Waals surface area contributed by atoms with E-state index in [0.717, 1.165) is 0 Å². The molecule has 0 radical (unpaired) electrons. The number of para-hydroxylation sites is 1. The summed E-state index contributed by atoms with van der Waals surface area (Å²) < 4.78 is 25.2. The number of likely N-dealkylation sites (tertiary alicyclic amines) is 1. The first-order chi connectivity index (χ1) is 13.3. The SMILES string of the molecule is Cc1c(C(=O)N2CC[C@](C)(O)[C@@H](Oc3ccccc3)C2)oc2ccc(F)cc12. The first kappa shape index (κ1) is 18.5. The molecule has 0 spiro atoms. The third-order valence-electron chi connectivity index (χ3n) is 5.37. The predicted molar refractivity (Wildman–Crippen MR) is 103 cm³/mol. The lowest BCUT2D eigenvalue weighted by atomic mass is 9.90. The molecule has 1 saturated heterocycles. The number of aliphatic hydroxyl groups is 1. The van der Waals surface area contributed by atoms with Crippen LogP contribution in [0.15, 0.2) is 52.9 Å². The number of fused-ring (bicyclic) bond motifs is 1. The van der Waals surface area contributed by atoms with Gasteiger partial charge in [0.05, 0.1) is 6.54 Å². The Bertz CT molecular complexity index is 1010. The van der Waals surface area contributed by atoms with Crippen LogP contribution < -0.4 is 4.74 Å². The molecule has 0 aliphatic carbocycles. The molecule has 5 nitrogen and oxygen atoms in total. The number of furan rings is 1. The molecule has 3 aromatic rings. The molecular formula is C22H22FNO4. The van der Waals surface area contributed by atoms with E-state index in [1.54, 1.807) is 18.7 Å². The summed E-state index contributed by atoms with van der Waals surface area (Å²) in [4.78, 5) is 14.7. The van der Waals surface area contributed by atoms with Crippen molar-refractivity contribution in [3.05, 3.63) is 65.7 Å². The lowest BCUT2D eigenvalue weighted by molar-refractivity contribution is -0.0884. The van der Waals surface area contributed by atoms with E-state index in [1.165, 1.54) is 18.2 Å². The number of piperidine rings is 1. The summed E-state index contributed by atoms with van der Waals surface area (Å²) in [5.41, 5.74) is 0.0271. The molecule has 146 valence electrons. The van der Waals surface area contributed by atoms with Crippen LogP contribution in [0.1, 0.15) is 29.5 Å². The van der Waals surface area contributed by atoms with Crippen LogP contribution >= 0.6 is 0 Å². The Morgan fingerprint density at radius 2 is 2.04 bits per heavy atom. The Morgan fingerprint density at radius 3 is 2.79 bits per heavy atom. The van der Waals surface area contributed by atoms with E-state index in [-0.39, 0.29) is 24.0 Å². The highest BCUT2D eigenvalue weighted by atomic mass is 19.1. The monoisotopic (exact) mass is 383 g/mol. The fourth-order valence-electron chi connectivity index (χ4n) is 3.56. The number of aryl methyl sites for hydroxylation is 1. The second kappa shape index (κ2) is 6.95. The second-order valence-corrected chi connectivity index (χ2v) is 7.47. The van der Waals surface area contributed by atoms with Gasteiger partial charge >= 0.3 is 0 Å². The summed E-state index contributed by atoms with van der Waals surface area (Å²) in [6, 6.07) is 13.4. The standard InChI is InChI=1S/C22H22FNO4/c1-14-17-12-15(23)8-9-18(17)28-20(14)21(25)24-11-10-22(2,26)19(13-24)27-16-6-4-3-5-7-16/h3-9,12,19,26H,10-11,13H2,1-2H3/t19-,22-/m0/s1. The Morgan fingerprint density at radius 1 is 1.29 bits per heavy atom. The maximum Gasteiger partial charge on any atom is 0.290 e. The molecule has 0 saturated carbocycles. The Balaban J connectivity index is 1.59. The average molecular weight is 383 g/mol. The smallest absolute Gasteiger partial charge is 0.290 e. The number of benzene rings is 2. The molecule has 1 aliphatic heterocycles. The summed E-state index contributed by atoms with van der Waals surface area (Å²) in [5, 5.41) is 11.3. The van der Waals surface area contributed by atoms with Gasteiger partial charge in [-0.3, -0.25) is 4.79 Å². The van der Waals surface area contributed by atoms with Crippen molar-refractivity contribution in [2.24, 2.45) is 0 Å². The molecule has 0 bridgehead atoms. The normalized spacial score (nSPS) is 22.4. The van der Waals surface area contributed by atoms with Gasteiger partial charge in [0.25, 0.3) is 5.91 Å². The van der Waals surface area contributed by atoms with Crippen LogP contribution in [0.3, 0.4) is 0 Å². The van der Waals surface area contributed by atoms with Crippen molar-refractivity contribution in [1.82, 2.24) is 4.90 Å². The molecule has 2 aromatic carbocycles. The number of carbonyl (C=O) groups is 1. The Hall–Kier alpha value is -2.86. The topological polar surface area (TPSA) is 62.9 Å². The zero-order chi connectivity index (χ0) is 19.9. The zero-order valence-corrected chi connectivity index (χ0v) is 15.8. The van der Waals surface area contributed by atoms with E-state index in [0.29, 0.717) is 35.2 Å². The highest BCUT2D eigenvalue weighted by Crippen LogP contribution is 2.30. The van der Waals surface area contributed by atoms with E-state index in [9.17, 15) is 14.3 Å². The number of carbonyl (C=O) groups excluding carboxylic acids is 1. The summed E-state index contributed by atoms with van der Waals surface area (Å²) in [6.07, 6.45) is -0.195. The highest BCUT2D eigenvalue weighted by molar-refractivity contribution is 5.99. The van der Waals surface area contributed by atoms with Crippen LogP contribution in [-0.2, 0) is 0 Å².